The maximum Gasteiger partial charge on any atom is 0.342 e. The van der Waals surface area contributed by atoms with Crippen LogP contribution in [0.1, 0.15) is 40.3 Å². The molecule has 1 heterocycles. The van der Waals surface area contributed by atoms with Crippen LogP contribution in [0, 0.1) is 6.92 Å². The van der Waals surface area contributed by atoms with Crippen molar-refractivity contribution in [2.75, 3.05) is 25.0 Å². The molecule has 0 spiro atoms. The third kappa shape index (κ3) is 5.21. The van der Waals surface area contributed by atoms with E-state index in [2.05, 4.69) is 10.4 Å². The topological polar surface area (TPSA) is 93.5 Å². The molecule has 0 fully saturated rings. The van der Waals surface area contributed by atoms with Crippen LogP contribution in [0.15, 0.2) is 60.8 Å². The molecule has 8 heteroatoms. The number of carbonyl (C=O) groups is 3. The van der Waals surface area contributed by atoms with Gasteiger partial charge in [0, 0.05) is 24.3 Å². The highest BCUT2D eigenvalue weighted by molar-refractivity contribution is 5.97. The number of ether oxygens (including phenoxy) is 1. The van der Waals surface area contributed by atoms with E-state index >= 15 is 0 Å². The minimum Gasteiger partial charge on any atom is -0.452 e. The second kappa shape index (κ2) is 10.4. The molecule has 1 N–H and O–H groups in total. The van der Waals surface area contributed by atoms with Gasteiger partial charge in [0.15, 0.2) is 6.61 Å². The van der Waals surface area contributed by atoms with Gasteiger partial charge in [0.05, 0.1) is 17.6 Å². The number of para-hydroxylation sites is 1. The van der Waals surface area contributed by atoms with Gasteiger partial charge < -0.3 is 15.0 Å². The SMILES string of the molecule is CCN(CC)C(=O)c1ccc(NC(=O)COC(=O)c2cnn(-c3ccccc3)c2C)cc1. The molecule has 1 aromatic heterocycles. The number of anilines is 1. The van der Waals surface area contributed by atoms with Crippen molar-refractivity contribution in [1.29, 1.82) is 0 Å². The highest BCUT2D eigenvalue weighted by Crippen LogP contribution is 2.15. The first-order chi connectivity index (χ1) is 15.4. The van der Waals surface area contributed by atoms with Gasteiger partial charge in [0.2, 0.25) is 0 Å². The molecule has 8 nitrogen and oxygen atoms in total. The summed E-state index contributed by atoms with van der Waals surface area (Å²) in [6, 6.07) is 16.0. The van der Waals surface area contributed by atoms with Crippen LogP contribution < -0.4 is 5.32 Å². The van der Waals surface area contributed by atoms with Crippen LogP contribution in [-0.4, -0.2) is 52.2 Å². The van der Waals surface area contributed by atoms with Gasteiger partial charge in [0.25, 0.3) is 11.8 Å². The van der Waals surface area contributed by atoms with E-state index in [9.17, 15) is 14.4 Å². The van der Waals surface area contributed by atoms with Crippen molar-refractivity contribution >= 4 is 23.5 Å². The Morgan fingerprint density at radius 3 is 2.28 bits per heavy atom. The zero-order valence-electron chi connectivity index (χ0n) is 18.4. The highest BCUT2D eigenvalue weighted by Gasteiger charge is 2.18. The third-order valence-electron chi connectivity index (χ3n) is 5.03. The fraction of sp³-hybridized carbons (Fsp3) is 0.250. The van der Waals surface area contributed by atoms with Crippen LogP contribution in [0.2, 0.25) is 0 Å². The number of amides is 2. The van der Waals surface area contributed by atoms with Gasteiger partial charge in [-0.05, 0) is 57.2 Å². The Morgan fingerprint density at radius 2 is 1.66 bits per heavy atom. The molecule has 3 aromatic rings. The van der Waals surface area contributed by atoms with Gasteiger partial charge in [-0.25, -0.2) is 9.48 Å². The van der Waals surface area contributed by atoms with E-state index in [0.717, 1.165) is 5.69 Å². The largest absolute Gasteiger partial charge is 0.452 e. The van der Waals surface area contributed by atoms with Gasteiger partial charge in [-0.15, -0.1) is 0 Å². The Labute approximate surface area is 186 Å². The lowest BCUT2D eigenvalue weighted by molar-refractivity contribution is -0.119. The molecule has 0 bridgehead atoms. The van der Waals surface area contributed by atoms with E-state index in [-0.39, 0.29) is 5.91 Å². The molecule has 0 saturated heterocycles. The average molecular weight is 434 g/mol. The first-order valence-corrected chi connectivity index (χ1v) is 10.4. The normalized spacial score (nSPS) is 10.5. The van der Waals surface area contributed by atoms with Crippen LogP contribution in [0.3, 0.4) is 0 Å². The van der Waals surface area contributed by atoms with Crippen LogP contribution in [0.25, 0.3) is 5.69 Å². The van der Waals surface area contributed by atoms with Crippen LogP contribution >= 0.6 is 0 Å². The summed E-state index contributed by atoms with van der Waals surface area (Å²) < 4.78 is 6.79. The lowest BCUT2D eigenvalue weighted by Gasteiger charge is -2.18. The molecule has 0 aliphatic rings. The Hall–Kier alpha value is -3.94. The third-order valence-corrected chi connectivity index (χ3v) is 5.03. The van der Waals surface area contributed by atoms with E-state index < -0.39 is 18.5 Å². The van der Waals surface area contributed by atoms with E-state index in [1.165, 1.54) is 6.20 Å². The van der Waals surface area contributed by atoms with Gasteiger partial charge in [-0.3, -0.25) is 9.59 Å². The van der Waals surface area contributed by atoms with Crippen LogP contribution in [0.5, 0.6) is 0 Å². The Kier molecular flexibility index (Phi) is 7.38. The molecule has 0 unspecified atom stereocenters. The van der Waals surface area contributed by atoms with Crippen molar-refractivity contribution < 1.29 is 19.1 Å². The smallest absolute Gasteiger partial charge is 0.342 e. The molecule has 166 valence electrons. The molecule has 0 aliphatic heterocycles. The summed E-state index contributed by atoms with van der Waals surface area (Å²) in [5.74, 6) is -1.16. The first kappa shape index (κ1) is 22.7. The number of esters is 1. The monoisotopic (exact) mass is 434 g/mol. The Balaban J connectivity index is 1.56. The van der Waals surface area contributed by atoms with Gasteiger partial charge in [-0.1, -0.05) is 18.2 Å². The van der Waals surface area contributed by atoms with E-state index in [1.54, 1.807) is 40.8 Å². The second-order valence-electron chi connectivity index (χ2n) is 7.07. The molecule has 2 amide bonds. The highest BCUT2D eigenvalue weighted by atomic mass is 16.5. The average Bonchev–Trinajstić information content (AvgIpc) is 3.20. The summed E-state index contributed by atoms with van der Waals surface area (Å²) in [6.07, 6.45) is 1.42. The van der Waals surface area contributed by atoms with E-state index in [0.29, 0.717) is 35.6 Å². The summed E-state index contributed by atoms with van der Waals surface area (Å²) in [6.45, 7) is 6.43. The predicted octanol–water partition coefficient (Wildman–Crippen LogP) is 3.46. The molecular weight excluding hydrogens is 408 g/mol. The number of benzene rings is 2. The van der Waals surface area contributed by atoms with Crippen LogP contribution in [0.4, 0.5) is 5.69 Å². The minimum absolute atomic E-state index is 0.0618. The first-order valence-electron chi connectivity index (χ1n) is 10.4. The summed E-state index contributed by atoms with van der Waals surface area (Å²) in [5.41, 5.74) is 2.79. The molecule has 0 aliphatic carbocycles. The molecule has 0 saturated carbocycles. The van der Waals surface area contributed by atoms with Crippen molar-refractivity contribution in [1.82, 2.24) is 14.7 Å². The van der Waals surface area contributed by atoms with E-state index in [1.807, 2.05) is 44.2 Å². The van der Waals surface area contributed by atoms with Crippen molar-refractivity contribution in [2.24, 2.45) is 0 Å². The lowest BCUT2D eigenvalue weighted by atomic mass is 10.2. The standard InChI is InChI=1S/C24H26N4O4/c1-4-27(5-2)23(30)18-11-13-19(14-12-18)26-22(29)16-32-24(31)21-15-25-28(17(21)3)20-9-7-6-8-10-20/h6-15H,4-5,16H2,1-3H3,(H,26,29). The Morgan fingerprint density at radius 1 is 1.00 bits per heavy atom. The molecule has 0 atom stereocenters. The predicted molar refractivity (Wildman–Crippen MR) is 121 cm³/mol. The van der Waals surface area contributed by atoms with Crippen molar-refractivity contribution in [3.63, 3.8) is 0 Å². The minimum atomic E-state index is -0.625. The van der Waals surface area contributed by atoms with Gasteiger partial charge in [-0.2, -0.15) is 5.10 Å². The molecule has 2 aromatic carbocycles. The van der Waals surface area contributed by atoms with E-state index in [4.69, 9.17) is 4.74 Å². The zero-order valence-corrected chi connectivity index (χ0v) is 18.4. The van der Waals surface area contributed by atoms with Crippen molar-refractivity contribution in [3.8, 4) is 5.69 Å². The molecule has 3 rings (SSSR count). The fourth-order valence-corrected chi connectivity index (χ4v) is 3.23. The molecular formula is C24H26N4O4. The maximum absolute atomic E-state index is 12.4. The fourth-order valence-electron chi connectivity index (χ4n) is 3.23. The summed E-state index contributed by atoms with van der Waals surface area (Å²) in [5, 5.41) is 6.89. The second-order valence-corrected chi connectivity index (χ2v) is 7.07. The summed E-state index contributed by atoms with van der Waals surface area (Å²) in [7, 11) is 0. The number of hydrogen-bond acceptors (Lipinski definition) is 5. The maximum atomic E-state index is 12.4. The number of carbonyl (C=O) groups excluding carboxylic acids is 3. The number of aromatic nitrogens is 2. The molecule has 0 radical (unpaired) electrons. The van der Waals surface area contributed by atoms with Crippen molar-refractivity contribution in [2.45, 2.75) is 20.8 Å². The number of rotatable bonds is 8. The number of nitrogens with zero attached hydrogens (tertiary/aromatic N) is 3. The molecule has 32 heavy (non-hydrogen) atoms. The Bertz CT molecular complexity index is 1090. The van der Waals surface area contributed by atoms with Crippen molar-refractivity contribution in [3.05, 3.63) is 77.6 Å². The van der Waals surface area contributed by atoms with Gasteiger partial charge >= 0.3 is 5.97 Å². The number of nitrogens with one attached hydrogen (secondary N) is 1. The quantitative estimate of drug-likeness (QED) is 0.548. The number of hydrogen-bond donors (Lipinski definition) is 1. The zero-order chi connectivity index (χ0) is 23.1. The summed E-state index contributed by atoms with van der Waals surface area (Å²) >= 11 is 0. The summed E-state index contributed by atoms with van der Waals surface area (Å²) in [4.78, 5) is 38.7. The van der Waals surface area contributed by atoms with Gasteiger partial charge in [0.1, 0.15) is 5.56 Å². The lowest BCUT2D eigenvalue weighted by Crippen LogP contribution is -2.30. The van der Waals surface area contributed by atoms with Crippen LogP contribution in [-0.2, 0) is 9.53 Å².